The number of rotatable bonds is 6. The maximum atomic E-state index is 12.2. The smallest absolute Gasteiger partial charge is 0.355 e. The van der Waals surface area contributed by atoms with Gasteiger partial charge in [0.15, 0.2) is 5.69 Å². The number of aromatic nitrogens is 3. The Morgan fingerprint density at radius 2 is 2.19 bits per heavy atom. The normalized spacial score (nSPS) is 10.6. The number of carboxylic acids is 1. The summed E-state index contributed by atoms with van der Waals surface area (Å²) in [6.45, 7) is 4.71. The molecule has 0 bridgehead atoms. The Labute approximate surface area is 125 Å². The van der Waals surface area contributed by atoms with E-state index in [0.717, 1.165) is 12.1 Å². The molecular formula is C13H16N4O3S. The van der Waals surface area contributed by atoms with Crippen LogP contribution in [0, 0.1) is 0 Å². The van der Waals surface area contributed by atoms with Crippen molar-refractivity contribution in [2.75, 3.05) is 0 Å². The van der Waals surface area contributed by atoms with Gasteiger partial charge in [0.2, 0.25) is 0 Å². The average Bonchev–Trinajstić information content (AvgIpc) is 3.11. The summed E-state index contributed by atoms with van der Waals surface area (Å²) in [6, 6.07) is 1.77. The number of carbonyl (C=O) groups is 2. The fourth-order valence-electron chi connectivity index (χ4n) is 1.80. The lowest BCUT2D eigenvalue weighted by atomic mass is 10.3. The largest absolute Gasteiger partial charge is 0.476 e. The topological polar surface area (TPSA) is 97.1 Å². The fraction of sp³-hybridized carbons (Fsp3) is 0.385. The van der Waals surface area contributed by atoms with Crippen molar-refractivity contribution >= 4 is 23.2 Å². The number of thiazole rings is 1. The van der Waals surface area contributed by atoms with Gasteiger partial charge in [-0.3, -0.25) is 9.48 Å². The number of nitrogens with one attached hydrogen (secondary N) is 1. The van der Waals surface area contributed by atoms with Crippen molar-refractivity contribution in [1.29, 1.82) is 0 Å². The molecule has 0 aliphatic rings. The van der Waals surface area contributed by atoms with E-state index in [-0.39, 0.29) is 18.1 Å². The minimum atomic E-state index is -1.07. The van der Waals surface area contributed by atoms with Gasteiger partial charge in [0.25, 0.3) is 5.91 Å². The lowest BCUT2D eigenvalue weighted by molar-refractivity contribution is 0.0691. The van der Waals surface area contributed by atoms with E-state index in [1.807, 2.05) is 13.8 Å². The molecule has 0 aromatic carbocycles. The van der Waals surface area contributed by atoms with Crippen molar-refractivity contribution in [3.05, 3.63) is 33.5 Å². The molecule has 0 unspecified atom stereocenters. The minimum absolute atomic E-state index is 0.00359. The number of carbonyl (C=O) groups excluding carboxylic acids is 1. The first-order valence-corrected chi connectivity index (χ1v) is 7.45. The van der Waals surface area contributed by atoms with E-state index < -0.39 is 5.97 Å². The Hall–Kier alpha value is -2.22. The number of hydrogen-bond donors (Lipinski definition) is 2. The molecule has 2 heterocycles. The zero-order valence-electron chi connectivity index (χ0n) is 11.8. The van der Waals surface area contributed by atoms with Gasteiger partial charge in [0, 0.05) is 11.9 Å². The van der Waals surface area contributed by atoms with Crippen LogP contribution in [0.15, 0.2) is 11.4 Å². The minimum Gasteiger partial charge on any atom is -0.476 e. The molecule has 2 N–H and O–H groups in total. The Balaban J connectivity index is 2.04. The van der Waals surface area contributed by atoms with E-state index >= 15 is 0 Å². The summed E-state index contributed by atoms with van der Waals surface area (Å²) in [4.78, 5) is 26.8. The molecule has 0 radical (unpaired) electrons. The van der Waals surface area contributed by atoms with Crippen LogP contribution in [0.5, 0.6) is 0 Å². The molecule has 0 fully saturated rings. The molecule has 7 nitrogen and oxygen atoms in total. The molecule has 0 aliphatic carbocycles. The summed E-state index contributed by atoms with van der Waals surface area (Å²) in [6.07, 6.45) is 0.766. The van der Waals surface area contributed by atoms with Gasteiger partial charge in [-0.15, -0.1) is 11.3 Å². The second-order valence-electron chi connectivity index (χ2n) is 4.30. The summed E-state index contributed by atoms with van der Waals surface area (Å²) in [7, 11) is 0. The lowest BCUT2D eigenvalue weighted by Crippen LogP contribution is -2.25. The zero-order valence-corrected chi connectivity index (χ0v) is 12.6. The molecule has 0 spiro atoms. The van der Waals surface area contributed by atoms with Gasteiger partial charge in [0.1, 0.15) is 10.7 Å². The monoisotopic (exact) mass is 308 g/mol. The molecule has 2 rings (SSSR count). The highest BCUT2D eigenvalue weighted by atomic mass is 32.1. The predicted octanol–water partition coefficient (Wildman–Crippen LogP) is 1.55. The molecule has 2 aromatic rings. The molecule has 0 saturated heterocycles. The van der Waals surface area contributed by atoms with Gasteiger partial charge in [-0.1, -0.05) is 6.92 Å². The molecule has 1 amide bonds. The van der Waals surface area contributed by atoms with Crippen molar-refractivity contribution in [3.8, 4) is 0 Å². The van der Waals surface area contributed by atoms with E-state index in [9.17, 15) is 9.59 Å². The van der Waals surface area contributed by atoms with Crippen LogP contribution in [0.3, 0.4) is 0 Å². The third-order valence-electron chi connectivity index (χ3n) is 2.90. The highest BCUT2D eigenvalue weighted by Gasteiger charge is 2.15. The summed E-state index contributed by atoms with van der Waals surface area (Å²) >= 11 is 1.21. The Morgan fingerprint density at radius 1 is 1.43 bits per heavy atom. The van der Waals surface area contributed by atoms with Gasteiger partial charge < -0.3 is 10.4 Å². The molecule has 0 saturated carbocycles. The quantitative estimate of drug-likeness (QED) is 0.844. The maximum Gasteiger partial charge on any atom is 0.355 e. The molecule has 0 atom stereocenters. The fourth-order valence-corrected chi connectivity index (χ4v) is 2.51. The Kier molecular flexibility index (Phi) is 4.69. The van der Waals surface area contributed by atoms with Crippen molar-refractivity contribution in [3.63, 3.8) is 0 Å². The molecule has 8 heteroatoms. The summed E-state index contributed by atoms with van der Waals surface area (Å²) in [5.74, 6) is -1.31. The van der Waals surface area contributed by atoms with Crippen LogP contribution in [-0.2, 0) is 19.5 Å². The van der Waals surface area contributed by atoms with Gasteiger partial charge in [-0.05, 0) is 19.4 Å². The van der Waals surface area contributed by atoms with E-state index in [1.54, 1.807) is 10.7 Å². The van der Waals surface area contributed by atoms with E-state index in [0.29, 0.717) is 17.2 Å². The SMILES string of the molecule is CCc1cc(C(=O)NCc2nc(C(=O)O)cs2)n(CC)n1. The zero-order chi connectivity index (χ0) is 15.4. The summed E-state index contributed by atoms with van der Waals surface area (Å²) < 4.78 is 1.65. The van der Waals surface area contributed by atoms with Crippen LogP contribution < -0.4 is 5.32 Å². The van der Waals surface area contributed by atoms with Gasteiger partial charge in [-0.2, -0.15) is 5.10 Å². The van der Waals surface area contributed by atoms with E-state index in [1.165, 1.54) is 16.7 Å². The number of amides is 1. The average molecular weight is 308 g/mol. The van der Waals surface area contributed by atoms with Crippen LogP contribution in [0.25, 0.3) is 0 Å². The molecule has 2 aromatic heterocycles. The van der Waals surface area contributed by atoms with Gasteiger partial charge in [0.05, 0.1) is 12.2 Å². The van der Waals surface area contributed by atoms with Crippen LogP contribution >= 0.6 is 11.3 Å². The Bertz CT molecular complexity index is 662. The summed E-state index contributed by atoms with van der Waals surface area (Å²) in [5, 5.41) is 17.9. The van der Waals surface area contributed by atoms with E-state index in [4.69, 9.17) is 5.11 Å². The lowest BCUT2D eigenvalue weighted by Gasteiger charge is -2.04. The first-order chi connectivity index (χ1) is 10.0. The van der Waals surface area contributed by atoms with Crippen molar-refractivity contribution in [1.82, 2.24) is 20.1 Å². The second kappa shape index (κ2) is 6.49. The first kappa shape index (κ1) is 15.2. The molecule has 112 valence electrons. The highest BCUT2D eigenvalue weighted by molar-refractivity contribution is 7.09. The molecule has 21 heavy (non-hydrogen) atoms. The van der Waals surface area contributed by atoms with Crippen LogP contribution in [0.4, 0.5) is 0 Å². The molecule has 0 aliphatic heterocycles. The number of aryl methyl sites for hydroxylation is 2. The number of aromatic carboxylic acids is 1. The van der Waals surface area contributed by atoms with Crippen LogP contribution in [-0.4, -0.2) is 31.7 Å². The second-order valence-corrected chi connectivity index (χ2v) is 5.25. The van der Waals surface area contributed by atoms with Crippen molar-refractivity contribution < 1.29 is 14.7 Å². The highest BCUT2D eigenvalue weighted by Crippen LogP contribution is 2.10. The summed E-state index contributed by atoms with van der Waals surface area (Å²) in [5.41, 5.74) is 1.37. The van der Waals surface area contributed by atoms with Gasteiger partial charge in [-0.25, -0.2) is 9.78 Å². The van der Waals surface area contributed by atoms with Crippen LogP contribution in [0.2, 0.25) is 0 Å². The standard InChI is InChI=1S/C13H16N4O3S/c1-3-8-5-10(17(4-2)16-8)12(18)14-6-11-15-9(7-21-11)13(19)20/h5,7H,3-4,6H2,1-2H3,(H,14,18)(H,19,20). The van der Waals surface area contributed by atoms with Crippen molar-refractivity contribution in [2.45, 2.75) is 33.4 Å². The third kappa shape index (κ3) is 3.46. The number of hydrogen-bond acceptors (Lipinski definition) is 5. The molecular weight excluding hydrogens is 292 g/mol. The number of nitrogens with zero attached hydrogens (tertiary/aromatic N) is 3. The third-order valence-corrected chi connectivity index (χ3v) is 3.74. The number of carboxylic acid groups (broad SMARTS) is 1. The predicted molar refractivity (Wildman–Crippen MR) is 77.5 cm³/mol. The Morgan fingerprint density at radius 3 is 2.76 bits per heavy atom. The maximum absolute atomic E-state index is 12.2. The first-order valence-electron chi connectivity index (χ1n) is 6.57. The van der Waals surface area contributed by atoms with E-state index in [2.05, 4.69) is 15.4 Å². The van der Waals surface area contributed by atoms with Crippen LogP contribution in [0.1, 0.15) is 45.5 Å². The van der Waals surface area contributed by atoms with Crippen molar-refractivity contribution in [2.24, 2.45) is 0 Å². The van der Waals surface area contributed by atoms with Gasteiger partial charge >= 0.3 is 5.97 Å².